The Hall–Kier alpha value is -1.06. The normalized spacial score (nSPS) is 25.8. The summed E-state index contributed by atoms with van der Waals surface area (Å²) in [6.45, 7) is 4.54. The van der Waals surface area contributed by atoms with E-state index in [4.69, 9.17) is 0 Å². The molecule has 0 spiro atoms. The highest BCUT2D eigenvalue weighted by Crippen LogP contribution is 2.36. The summed E-state index contributed by atoms with van der Waals surface area (Å²) < 4.78 is 0. The highest BCUT2D eigenvalue weighted by molar-refractivity contribution is 8.13. The predicted octanol–water partition coefficient (Wildman–Crippen LogP) is 4.48. The molecule has 124 valence electrons. The van der Waals surface area contributed by atoms with Crippen molar-refractivity contribution in [1.82, 2.24) is 4.90 Å². The van der Waals surface area contributed by atoms with Crippen LogP contribution in [0.15, 0.2) is 42.5 Å². The monoisotopic (exact) mass is 329 g/mol. The van der Waals surface area contributed by atoms with Gasteiger partial charge in [-0.2, -0.15) is 0 Å². The van der Waals surface area contributed by atoms with Crippen molar-refractivity contribution in [1.29, 1.82) is 0 Å². The van der Waals surface area contributed by atoms with E-state index >= 15 is 0 Å². The molecule has 1 aromatic rings. The minimum Gasteiger partial charge on any atom is -0.300 e. The molecule has 0 bridgehead atoms. The maximum absolute atomic E-state index is 12.9. The molecule has 2 aliphatic rings. The van der Waals surface area contributed by atoms with Crippen molar-refractivity contribution in [3.63, 3.8) is 0 Å². The zero-order valence-electron chi connectivity index (χ0n) is 14.0. The van der Waals surface area contributed by atoms with Gasteiger partial charge >= 0.3 is 0 Å². The summed E-state index contributed by atoms with van der Waals surface area (Å²) >= 11 is 1.54. The molecule has 1 saturated heterocycles. The molecule has 3 unspecified atom stereocenters. The molecule has 3 rings (SSSR count). The standard InChI is InChI=1S/C20H27NOS/c1-16-8-7-13-21(16)14-15-23-20(22)19(18-11-5-6-12-18)17-9-3-2-4-10-17/h2-5,9-11,16,18-19H,6-8,12-15H2,1H3. The lowest BCUT2D eigenvalue weighted by Crippen LogP contribution is -2.29. The van der Waals surface area contributed by atoms with Crippen LogP contribution in [0.3, 0.4) is 0 Å². The molecule has 3 atom stereocenters. The van der Waals surface area contributed by atoms with Gasteiger partial charge < -0.3 is 0 Å². The zero-order chi connectivity index (χ0) is 16.1. The van der Waals surface area contributed by atoms with Crippen LogP contribution >= 0.6 is 11.8 Å². The second-order valence-electron chi connectivity index (χ2n) is 6.75. The Balaban J connectivity index is 1.60. The fraction of sp³-hybridized carbons (Fsp3) is 0.550. The number of nitrogens with zero attached hydrogens (tertiary/aromatic N) is 1. The first-order valence-electron chi connectivity index (χ1n) is 8.88. The van der Waals surface area contributed by atoms with Gasteiger partial charge in [-0.05, 0) is 50.6 Å². The first-order valence-corrected chi connectivity index (χ1v) is 9.86. The van der Waals surface area contributed by atoms with Crippen LogP contribution in [0.25, 0.3) is 0 Å². The number of carbonyl (C=O) groups is 1. The molecular weight excluding hydrogens is 302 g/mol. The van der Waals surface area contributed by atoms with Gasteiger partial charge in [-0.3, -0.25) is 9.69 Å². The summed E-state index contributed by atoms with van der Waals surface area (Å²) in [7, 11) is 0. The highest BCUT2D eigenvalue weighted by atomic mass is 32.2. The van der Waals surface area contributed by atoms with E-state index in [9.17, 15) is 4.79 Å². The van der Waals surface area contributed by atoms with Crippen molar-refractivity contribution in [3.05, 3.63) is 48.0 Å². The summed E-state index contributed by atoms with van der Waals surface area (Å²) in [6.07, 6.45) is 9.30. The van der Waals surface area contributed by atoms with E-state index in [0.29, 0.717) is 17.1 Å². The molecule has 1 aliphatic carbocycles. The van der Waals surface area contributed by atoms with Crippen LogP contribution in [0.4, 0.5) is 0 Å². The van der Waals surface area contributed by atoms with Crippen LogP contribution in [0, 0.1) is 5.92 Å². The molecule has 0 amide bonds. The molecule has 1 aromatic carbocycles. The molecule has 1 heterocycles. The molecule has 0 radical (unpaired) electrons. The summed E-state index contributed by atoms with van der Waals surface area (Å²) in [5, 5.41) is 0.347. The van der Waals surface area contributed by atoms with Crippen LogP contribution in [-0.4, -0.2) is 34.9 Å². The molecule has 23 heavy (non-hydrogen) atoms. The van der Waals surface area contributed by atoms with Gasteiger partial charge in [-0.15, -0.1) is 0 Å². The van der Waals surface area contributed by atoms with Crippen LogP contribution in [-0.2, 0) is 4.79 Å². The Labute approximate surface area is 144 Å². The van der Waals surface area contributed by atoms with Gasteiger partial charge in [0.15, 0.2) is 5.12 Å². The first kappa shape index (κ1) is 16.8. The number of benzene rings is 1. The lowest BCUT2D eigenvalue weighted by atomic mass is 9.86. The Bertz CT molecular complexity index is 542. The quantitative estimate of drug-likeness (QED) is 0.718. The summed E-state index contributed by atoms with van der Waals surface area (Å²) in [6, 6.07) is 11.0. The number of likely N-dealkylation sites (tertiary alicyclic amines) is 1. The SMILES string of the molecule is CC1CCCN1CCSC(=O)C(c1ccccc1)C1C=CCC1. The summed E-state index contributed by atoms with van der Waals surface area (Å²) in [4.78, 5) is 15.4. The lowest BCUT2D eigenvalue weighted by molar-refractivity contribution is -0.113. The van der Waals surface area contributed by atoms with Crippen molar-refractivity contribution in [2.45, 2.75) is 44.6 Å². The van der Waals surface area contributed by atoms with Crippen LogP contribution in [0.1, 0.15) is 44.1 Å². The third-order valence-corrected chi connectivity index (χ3v) is 6.13. The second kappa shape index (κ2) is 8.16. The third kappa shape index (κ3) is 4.27. The maximum atomic E-state index is 12.9. The first-order chi connectivity index (χ1) is 11.3. The van der Waals surface area contributed by atoms with Crippen molar-refractivity contribution in [2.75, 3.05) is 18.8 Å². The Morgan fingerprint density at radius 1 is 1.30 bits per heavy atom. The van der Waals surface area contributed by atoms with E-state index in [-0.39, 0.29) is 5.92 Å². The Morgan fingerprint density at radius 3 is 2.78 bits per heavy atom. The Kier molecular flexibility index (Phi) is 5.96. The van der Waals surface area contributed by atoms with Gasteiger partial charge in [-0.25, -0.2) is 0 Å². The van der Waals surface area contributed by atoms with Crippen LogP contribution < -0.4 is 0 Å². The number of hydrogen-bond donors (Lipinski definition) is 0. The van der Waals surface area contributed by atoms with Crippen LogP contribution in [0.5, 0.6) is 0 Å². The lowest BCUT2D eigenvalue weighted by Gasteiger charge is -2.23. The number of carbonyl (C=O) groups excluding carboxylic acids is 1. The average molecular weight is 330 g/mol. The second-order valence-corrected chi connectivity index (χ2v) is 7.85. The number of hydrogen-bond acceptors (Lipinski definition) is 3. The molecule has 2 nitrogen and oxygen atoms in total. The predicted molar refractivity (Wildman–Crippen MR) is 98.8 cm³/mol. The minimum atomic E-state index is 0.0240. The van der Waals surface area contributed by atoms with Crippen molar-refractivity contribution in [2.24, 2.45) is 5.92 Å². The molecule has 1 aliphatic heterocycles. The van der Waals surface area contributed by atoms with Crippen molar-refractivity contribution in [3.8, 4) is 0 Å². The average Bonchev–Trinajstić information content (AvgIpc) is 3.21. The van der Waals surface area contributed by atoms with Gasteiger partial charge in [0, 0.05) is 18.3 Å². The van der Waals surface area contributed by atoms with E-state index < -0.39 is 0 Å². The molecule has 0 aromatic heterocycles. The van der Waals surface area contributed by atoms with Gasteiger partial charge in [0.2, 0.25) is 0 Å². The van der Waals surface area contributed by atoms with Gasteiger partial charge in [0.25, 0.3) is 0 Å². The molecule has 0 N–H and O–H groups in total. The number of rotatable bonds is 6. The van der Waals surface area contributed by atoms with Crippen molar-refractivity contribution < 1.29 is 4.79 Å². The van der Waals surface area contributed by atoms with E-state index in [0.717, 1.165) is 25.1 Å². The fourth-order valence-corrected chi connectivity index (χ4v) is 4.85. The smallest absolute Gasteiger partial charge is 0.197 e. The molecule has 1 fully saturated rings. The number of allylic oxidation sites excluding steroid dienone is 2. The van der Waals surface area contributed by atoms with Crippen molar-refractivity contribution >= 4 is 16.9 Å². The van der Waals surface area contributed by atoms with Gasteiger partial charge in [0.05, 0.1) is 5.92 Å². The molecule has 3 heteroatoms. The van der Waals surface area contributed by atoms with E-state index in [2.05, 4.69) is 36.1 Å². The molecular formula is C20H27NOS. The largest absolute Gasteiger partial charge is 0.300 e. The van der Waals surface area contributed by atoms with E-state index in [1.54, 1.807) is 11.8 Å². The fourth-order valence-electron chi connectivity index (χ4n) is 3.83. The Morgan fingerprint density at radius 2 is 2.13 bits per heavy atom. The van der Waals surface area contributed by atoms with E-state index in [1.807, 2.05) is 18.2 Å². The maximum Gasteiger partial charge on any atom is 0.197 e. The third-order valence-electron chi connectivity index (χ3n) is 5.20. The zero-order valence-corrected chi connectivity index (χ0v) is 14.8. The van der Waals surface area contributed by atoms with E-state index in [1.165, 1.54) is 24.9 Å². The van der Waals surface area contributed by atoms with Crippen LogP contribution in [0.2, 0.25) is 0 Å². The van der Waals surface area contributed by atoms with Gasteiger partial charge in [0.1, 0.15) is 0 Å². The molecule has 0 saturated carbocycles. The summed E-state index contributed by atoms with van der Waals surface area (Å²) in [5.74, 6) is 1.32. The van der Waals surface area contributed by atoms with Gasteiger partial charge in [-0.1, -0.05) is 54.2 Å². The topological polar surface area (TPSA) is 20.3 Å². The minimum absolute atomic E-state index is 0.0240. The summed E-state index contributed by atoms with van der Waals surface area (Å²) in [5.41, 5.74) is 1.18. The number of thioether (sulfide) groups is 1. The highest BCUT2D eigenvalue weighted by Gasteiger charge is 2.30.